The van der Waals surface area contributed by atoms with E-state index in [1.165, 1.54) is 5.56 Å². The zero-order valence-electron chi connectivity index (χ0n) is 9.46. The number of aromatic nitrogens is 4. The van der Waals surface area contributed by atoms with Crippen LogP contribution < -0.4 is 5.32 Å². The number of nitrogens with one attached hydrogen (secondary N) is 1. The molecule has 0 aliphatic carbocycles. The van der Waals surface area contributed by atoms with Crippen LogP contribution in [0.2, 0.25) is 0 Å². The molecule has 1 aromatic heterocycles. The summed E-state index contributed by atoms with van der Waals surface area (Å²) in [6.45, 7) is 5.19. The average Bonchev–Trinajstić information content (AvgIpc) is 2.83. The van der Waals surface area contributed by atoms with E-state index in [2.05, 4.69) is 46.8 Å². The topological polar surface area (TPSA) is 55.6 Å². The second-order valence-electron chi connectivity index (χ2n) is 3.63. The Morgan fingerprint density at radius 1 is 1.44 bits per heavy atom. The van der Waals surface area contributed by atoms with Gasteiger partial charge in [0, 0.05) is 6.04 Å². The van der Waals surface area contributed by atoms with E-state index in [1.54, 1.807) is 11.0 Å². The molecule has 0 aliphatic heterocycles. The van der Waals surface area contributed by atoms with E-state index in [0.29, 0.717) is 6.04 Å². The van der Waals surface area contributed by atoms with Crippen molar-refractivity contribution >= 4 is 0 Å². The van der Waals surface area contributed by atoms with Crippen molar-refractivity contribution in [3.05, 3.63) is 36.2 Å². The second-order valence-corrected chi connectivity index (χ2v) is 3.63. The van der Waals surface area contributed by atoms with Crippen LogP contribution in [0.1, 0.15) is 25.5 Å². The fourth-order valence-electron chi connectivity index (χ4n) is 1.64. The lowest BCUT2D eigenvalue weighted by Gasteiger charge is -2.13. The van der Waals surface area contributed by atoms with Gasteiger partial charge >= 0.3 is 0 Å². The molecule has 5 heteroatoms. The molecule has 0 saturated carbocycles. The van der Waals surface area contributed by atoms with Crippen LogP contribution >= 0.6 is 0 Å². The molecule has 0 aliphatic rings. The number of hydrogen-bond acceptors (Lipinski definition) is 4. The Kier molecular flexibility index (Phi) is 3.26. The molecule has 2 rings (SSSR count). The number of hydrogen-bond donors (Lipinski definition) is 1. The van der Waals surface area contributed by atoms with Gasteiger partial charge in [-0.3, -0.25) is 0 Å². The lowest BCUT2D eigenvalue weighted by molar-refractivity contribution is 0.597. The van der Waals surface area contributed by atoms with Crippen LogP contribution in [0.15, 0.2) is 30.6 Å². The summed E-state index contributed by atoms with van der Waals surface area (Å²) in [4.78, 5) is 0. The molecule has 0 saturated heterocycles. The molecule has 5 nitrogen and oxygen atoms in total. The molecule has 2 aromatic rings. The van der Waals surface area contributed by atoms with Crippen molar-refractivity contribution in [1.29, 1.82) is 0 Å². The van der Waals surface area contributed by atoms with Crippen molar-refractivity contribution in [1.82, 2.24) is 25.5 Å². The second kappa shape index (κ2) is 4.85. The third-order valence-corrected chi connectivity index (χ3v) is 2.49. The van der Waals surface area contributed by atoms with Gasteiger partial charge in [-0.15, -0.1) is 5.10 Å². The molecule has 84 valence electrons. The van der Waals surface area contributed by atoms with Gasteiger partial charge in [-0.1, -0.05) is 19.1 Å². The quantitative estimate of drug-likeness (QED) is 0.839. The average molecular weight is 217 g/mol. The van der Waals surface area contributed by atoms with Crippen molar-refractivity contribution in [2.45, 2.75) is 19.9 Å². The van der Waals surface area contributed by atoms with Crippen LogP contribution in [-0.4, -0.2) is 26.8 Å². The first kappa shape index (κ1) is 10.8. The number of nitrogens with zero attached hydrogens (tertiary/aromatic N) is 4. The Morgan fingerprint density at radius 3 is 3.00 bits per heavy atom. The van der Waals surface area contributed by atoms with E-state index >= 15 is 0 Å². The van der Waals surface area contributed by atoms with Crippen molar-refractivity contribution in [2.24, 2.45) is 0 Å². The summed E-state index contributed by atoms with van der Waals surface area (Å²) < 4.78 is 1.65. The molecule has 0 amide bonds. The summed E-state index contributed by atoms with van der Waals surface area (Å²) >= 11 is 0. The first-order valence-corrected chi connectivity index (χ1v) is 5.38. The highest BCUT2D eigenvalue weighted by atomic mass is 15.5. The van der Waals surface area contributed by atoms with E-state index < -0.39 is 0 Å². The Balaban J connectivity index is 2.26. The largest absolute Gasteiger partial charge is 0.310 e. The molecule has 0 spiro atoms. The molecule has 1 N–H and O–H groups in total. The third-order valence-electron chi connectivity index (χ3n) is 2.49. The van der Waals surface area contributed by atoms with Crippen molar-refractivity contribution in [3.63, 3.8) is 0 Å². The molecule has 1 atom stereocenters. The SMILES string of the molecule is CCNC(C)c1cccc(-n2cnnn2)c1. The summed E-state index contributed by atoms with van der Waals surface area (Å²) in [5.41, 5.74) is 2.21. The molecule has 16 heavy (non-hydrogen) atoms. The number of benzene rings is 1. The minimum Gasteiger partial charge on any atom is -0.310 e. The fourth-order valence-corrected chi connectivity index (χ4v) is 1.64. The number of rotatable bonds is 4. The van der Waals surface area contributed by atoms with Gasteiger partial charge in [-0.25, -0.2) is 4.68 Å². The van der Waals surface area contributed by atoms with Crippen LogP contribution in [0.5, 0.6) is 0 Å². The zero-order chi connectivity index (χ0) is 11.4. The standard InChI is InChI=1S/C11H15N5/c1-3-12-9(2)10-5-4-6-11(7-10)16-8-13-14-15-16/h4-9,12H,3H2,1-2H3. The predicted octanol–water partition coefficient (Wildman–Crippen LogP) is 1.33. The molecular formula is C11H15N5. The lowest BCUT2D eigenvalue weighted by Crippen LogP contribution is -2.17. The zero-order valence-corrected chi connectivity index (χ0v) is 9.46. The van der Waals surface area contributed by atoms with Crippen LogP contribution in [-0.2, 0) is 0 Å². The van der Waals surface area contributed by atoms with E-state index in [-0.39, 0.29) is 0 Å². The Labute approximate surface area is 94.5 Å². The van der Waals surface area contributed by atoms with Gasteiger partial charge in [-0.2, -0.15) is 0 Å². The van der Waals surface area contributed by atoms with E-state index in [0.717, 1.165) is 12.2 Å². The fraction of sp³-hybridized carbons (Fsp3) is 0.364. The van der Waals surface area contributed by atoms with Crippen molar-refractivity contribution in [2.75, 3.05) is 6.54 Å². The van der Waals surface area contributed by atoms with Crippen LogP contribution in [0, 0.1) is 0 Å². The minimum absolute atomic E-state index is 0.335. The van der Waals surface area contributed by atoms with Crippen LogP contribution in [0.25, 0.3) is 5.69 Å². The summed E-state index contributed by atoms with van der Waals surface area (Å²) in [6.07, 6.45) is 1.59. The Bertz CT molecular complexity index is 437. The first-order valence-electron chi connectivity index (χ1n) is 5.38. The molecule has 0 bridgehead atoms. The maximum Gasteiger partial charge on any atom is 0.143 e. The third kappa shape index (κ3) is 2.25. The van der Waals surface area contributed by atoms with Crippen LogP contribution in [0.4, 0.5) is 0 Å². The molecule has 0 radical (unpaired) electrons. The molecule has 1 unspecified atom stereocenters. The van der Waals surface area contributed by atoms with E-state index in [1.807, 2.05) is 12.1 Å². The highest BCUT2D eigenvalue weighted by Crippen LogP contribution is 2.15. The molecule has 1 aromatic carbocycles. The molecular weight excluding hydrogens is 202 g/mol. The summed E-state index contributed by atoms with van der Waals surface area (Å²) in [5, 5.41) is 14.5. The Morgan fingerprint density at radius 2 is 2.31 bits per heavy atom. The molecule has 1 heterocycles. The van der Waals surface area contributed by atoms with Crippen molar-refractivity contribution in [3.8, 4) is 5.69 Å². The van der Waals surface area contributed by atoms with Gasteiger partial charge in [0.15, 0.2) is 0 Å². The van der Waals surface area contributed by atoms with Gasteiger partial charge in [0.1, 0.15) is 6.33 Å². The maximum atomic E-state index is 3.87. The summed E-state index contributed by atoms with van der Waals surface area (Å²) in [6, 6.07) is 8.52. The predicted molar refractivity (Wildman–Crippen MR) is 61.2 cm³/mol. The number of tetrazole rings is 1. The highest BCUT2D eigenvalue weighted by molar-refractivity contribution is 5.35. The lowest BCUT2D eigenvalue weighted by atomic mass is 10.1. The summed E-state index contributed by atoms with van der Waals surface area (Å²) in [5.74, 6) is 0. The van der Waals surface area contributed by atoms with E-state index in [9.17, 15) is 0 Å². The van der Waals surface area contributed by atoms with Gasteiger partial charge in [0.2, 0.25) is 0 Å². The first-order chi connectivity index (χ1) is 7.81. The van der Waals surface area contributed by atoms with Crippen LogP contribution in [0.3, 0.4) is 0 Å². The van der Waals surface area contributed by atoms with Gasteiger partial charge in [0.05, 0.1) is 5.69 Å². The highest BCUT2D eigenvalue weighted by Gasteiger charge is 2.05. The van der Waals surface area contributed by atoms with Gasteiger partial charge in [-0.05, 0) is 41.6 Å². The van der Waals surface area contributed by atoms with Gasteiger partial charge in [0.25, 0.3) is 0 Å². The van der Waals surface area contributed by atoms with Gasteiger partial charge < -0.3 is 5.32 Å². The monoisotopic (exact) mass is 217 g/mol. The van der Waals surface area contributed by atoms with E-state index in [4.69, 9.17) is 0 Å². The smallest absolute Gasteiger partial charge is 0.143 e. The Hall–Kier alpha value is -1.75. The van der Waals surface area contributed by atoms with Crippen molar-refractivity contribution < 1.29 is 0 Å². The molecule has 0 fully saturated rings. The minimum atomic E-state index is 0.335. The maximum absolute atomic E-state index is 3.87. The summed E-state index contributed by atoms with van der Waals surface area (Å²) in [7, 11) is 0. The normalized spacial score (nSPS) is 12.6.